The van der Waals surface area contributed by atoms with Crippen molar-refractivity contribution in [1.29, 1.82) is 0 Å². The van der Waals surface area contributed by atoms with Gasteiger partial charge in [-0.25, -0.2) is 0 Å². The van der Waals surface area contributed by atoms with Gasteiger partial charge in [0.05, 0.1) is 20.1 Å². The van der Waals surface area contributed by atoms with Crippen molar-refractivity contribution in [2.24, 2.45) is 5.92 Å². The van der Waals surface area contributed by atoms with Crippen LogP contribution in [0, 0.1) is 12.8 Å². The first-order valence-corrected chi connectivity index (χ1v) is 10.3. The topological polar surface area (TPSA) is 67.9 Å². The van der Waals surface area contributed by atoms with Crippen LogP contribution in [-0.2, 0) is 22.4 Å². The van der Waals surface area contributed by atoms with Crippen LogP contribution < -0.4 is 14.8 Å². The summed E-state index contributed by atoms with van der Waals surface area (Å²) in [5.41, 5.74) is 3.48. The SMILES string of the molecule is COc1ccc(CCN2C[C@H](C(=O)NCCc3ccc(C)cc3)CC2=O)cc1OC. The first-order chi connectivity index (χ1) is 14.5. The molecule has 0 aromatic heterocycles. The highest BCUT2D eigenvalue weighted by atomic mass is 16.5. The number of carbonyl (C=O) groups is 2. The zero-order chi connectivity index (χ0) is 21.5. The second kappa shape index (κ2) is 10.1. The Morgan fingerprint density at radius 2 is 1.73 bits per heavy atom. The maximum Gasteiger partial charge on any atom is 0.225 e. The summed E-state index contributed by atoms with van der Waals surface area (Å²) < 4.78 is 10.6. The Labute approximate surface area is 178 Å². The molecule has 30 heavy (non-hydrogen) atoms. The van der Waals surface area contributed by atoms with Crippen LogP contribution in [0.1, 0.15) is 23.1 Å². The van der Waals surface area contributed by atoms with Gasteiger partial charge in [0.1, 0.15) is 0 Å². The Balaban J connectivity index is 1.46. The van der Waals surface area contributed by atoms with Gasteiger partial charge in [-0.2, -0.15) is 0 Å². The van der Waals surface area contributed by atoms with Gasteiger partial charge in [-0.05, 0) is 43.0 Å². The number of aryl methyl sites for hydroxylation is 1. The van der Waals surface area contributed by atoms with E-state index >= 15 is 0 Å². The van der Waals surface area contributed by atoms with Crippen molar-refractivity contribution in [3.63, 3.8) is 0 Å². The molecule has 2 amide bonds. The molecule has 1 saturated heterocycles. The van der Waals surface area contributed by atoms with Gasteiger partial charge in [0.25, 0.3) is 0 Å². The van der Waals surface area contributed by atoms with Crippen molar-refractivity contribution < 1.29 is 19.1 Å². The number of amides is 2. The van der Waals surface area contributed by atoms with Crippen molar-refractivity contribution in [3.05, 3.63) is 59.2 Å². The van der Waals surface area contributed by atoms with Crippen LogP contribution in [0.3, 0.4) is 0 Å². The molecule has 0 spiro atoms. The molecule has 2 aromatic rings. The van der Waals surface area contributed by atoms with E-state index in [-0.39, 0.29) is 24.2 Å². The molecular weight excluding hydrogens is 380 g/mol. The van der Waals surface area contributed by atoms with Crippen LogP contribution >= 0.6 is 0 Å². The normalized spacial score (nSPS) is 15.9. The summed E-state index contributed by atoms with van der Waals surface area (Å²) >= 11 is 0. The first kappa shape index (κ1) is 21.7. The lowest BCUT2D eigenvalue weighted by molar-refractivity contribution is -0.129. The van der Waals surface area contributed by atoms with Crippen LogP contribution in [0.25, 0.3) is 0 Å². The molecule has 0 unspecified atom stereocenters. The molecule has 1 aliphatic heterocycles. The molecule has 1 aliphatic rings. The van der Waals surface area contributed by atoms with E-state index in [1.54, 1.807) is 19.1 Å². The van der Waals surface area contributed by atoms with Crippen LogP contribution in [0.5, 0.6) is 11.5 Å². The van der Waals surface area contributed by atoms with Crippen LogP contribution in [-0.4, -0.2) is 50.6 Å². The van der Waals surface area contributed by atoms with Gasteiger partial charge in [0.15, 0.2) is 11.5 Å². The number of nitrogens with one attached hydrogen (secondary N) is 1. The van der Waals surface area contributed by atoms with Crippen molar-refractivity contribution in [2.45, 2.75) is 26.2 Å². The Morgan fingerprint density at radius 3 is 2.43 bits per heavy atom. The third-order valence-corrected chi connectivity index (χ3v) is 5.54. The van der Waals surface area contributed by atoms with Gasteiger partial charge >= 0.3 is 0 Å². The largest absolute Gasteiger partial charge is 0.493 e. The summed E-state index contributed by atoms with van der Waals surface area (Å²) in [6.07, 6.45) is 1.77. The standard InChI is InChI=1S/C24H30N2O4/c1-17-4-6-18(7-5-17)10-12-25-24(28)20-15-23(27)26(16-20)13-11-19-8-9-21(29-2)22(14-19)30-3/h4-9,14,20H,10-13,15-16H2,1-3H3,(H,25,28)/t20-/m1/s1. The molecule has 0 radical (unpaired) electrons. The summed E-state index contributed by atoms with van der Waals surface area (Å²) in [5, 5.41) is 2.98. The number of nitrogens with zero attached hydrogens (tertiary/aromatic N) is 1. The second-order valence-electron chi connectivity index (χ2n) is 7.71. The number of likely N-dealkylation sites (tertiary alicyclic amines) is 1. The van der Waals surface area contributed by atoms with Gasteiger partial charge in [-0.1, -0.05) is 35.9 Å². The minimum absolute atomic E-state index is 0.0363. The zero-order valence-electron chi connectivity index (χ0n) is 17.9. The van der Waals surface area contributed by atoms with Gasteiger partial charge in [-0.3, -0.25) is 9.59 Å². The molecular formula is C24H30N2O4. The lowest BCUT2D eigenvalue weighted by atomic mass is 10.1. The Morgan fingerprint density at radius 1 is 1.03 bits per heavy atom. The maximum absolute atomic E-state index is 12.5. The maximum atomic E-state index is 12.5. The Bertz CT molecular complexity index is 879. The molecule has 6 nitrogen and oxygen atoms in total. The summed E-state index contributed by atoms with van der Waals surface area (Å²) in [6.45, 7) is 3.70. The van der Waals surface area contributed by atoms with E-state index < -0.39 is 0 Å². The predicted molar refractivity (Wildman–Crippen MR) is 116 cm³/mol. The highest BCUT2D eigenvalue weighted by Crippen LogP contribution is 2.28. The molecule has 1 N–H and O–H groups in total. The fourth-order valence-electron chi connectivity index (χ4n) is 3.69. The Kier molecular flexibility index (Phi) is 7.33. The van der Waals surface area contributed by atoms with Crippen LogP contribution in [0.2, 0.25) is 0 Å². The summed E-state index contributed by atoms with van der Waals surface area (Å²) in [6, 6.07) is 14.1. The van der Waals surface area contributed by atoms with Crippen molar-refractivity contribution >= 4 is 11.8 Å². The molecule has 1 atom stereocenters. The van der Waals surface area contributed by atoms with Crippen molar-refractivity contribution in [1.82, 2.24) is 10.2 Å². The molecule has 0 saturated carbocycles. The third-order valence-electron chi connectivity index (χ3n) is 5.54. The molecule has 1 heterocycles. The van der Waals surface area contributed by atoms with E-state index in [1.807, 2.05) is 18.2 Å². The van der Waals surface area contributed by atoms with Crippen LogP contribution in [0.15, 0.2) is 42.5 Å². The summed E-state index contributed by atoms with van der Waals surface area (Å²) in [5.74, 6) is 1.08. The second-order valence-corrected chi connectivity index (χ2v) is 7.71. The fraction of sp³-hybridized carbons (Fsp3) is 0.417. The number of hydrogen-bond donors (Lipinski definition) is 1. The number of methoxy groups -OCH3 is 2. The number of rotatable bonds is 9. The smallest absolute Gasteiger partial charge is 0.225 e. The van der Waals surface area contributed by atoms with Crippen LogP contribution in [0.4, 0.5) is 0 Å². The first-order valence-electron chi connectivity index (χ1n) is 10.3. The highest BCUT2D eigenvalue weighted by Gasteiger charge is 2.33. The number of carbonyl (C=O) groups excluding carboxylic acids is 2. The van der Waals surface area contributed by atoms with Gasteiger partial charge in [0, 0.05) is 26.1 Å². The molecule has 3 rings (SSSR count). The van der Waals surface area contributed by atoms with Gasteiger partial charge in [-0.15, -0.1) is 0 Å². The Hall–Kier alpha value is -3.02. The molecule has 1 fully saturated rings. The molecule has 6 heteroatoms. The lowest BCUT2D eigenvalue weighted by Gasteiger charge is -2.17. The van der Waals surface area contributed by atoms with E-state index in [0.29, 0.717) is 37.6 Å². The quantitative estimate of drug-likeness (QED) is 0.690. The predicted octanol–water partition coefficient (Wildman–Crippen LogP) is 2.76. The molecule has 2 aromatic carbocycles. The fourth-order valence-corrected chi connectivity index (χ4v) is 3.69. The number of hydrogen-bond acceptors (Lipinski definition) is 4. The summed E-state index contributed by atoms with van der Waals surface area (Å²) in [4.78, 5) is 26.6. The minimum atomic E-state index is -0.277. The van der Waals surface area contributed by atoms with Crippen molar-refractivity contribution in [3.8, 4) is 11.5 Å². The average molecular weight is 411 g/mol. The van der Waals surface area contributed by atoms with Crippen molar-refractivity contribution in [2.75, 3.05) is 33.9 Å². The minimum Gasteiger partial charge on any atom is -0.493 e. The van der Waals surface area contributed by atoms with E-state index in [9.17, 15) is 9.59 Å². The molecule has 160 valence electrons. The molecule has 0 bridgehead atoms. The highest BCUT2D eigenvalue weighted by molar-refractivity contribution is 5.89. The van der Waals surface area contributed by atoms with Gasteiger partial charge < -0.3 is 19.7 Å². The molecule has 0 aliphatic carbocycles. The monoisotopic (exact) mass is 410 g/mol. The number of ether oxygens (including phenoxy) is 2. The van der Waals surface area contributed by atoms with E-state index in [2.05, 4.69) is 36.5 Å². The lowest BCUT2D eigenvalue weighted by Crippen LogP contribution is -2.34. The van der Waals surface area contributed by atoms with E-state index in [1.165, 1.54) is 11.1 Å². The van der Waals surface area contributed by atoms with Gasteiger partial charge in [0.2, 0.25) is 11.8 Å². The van der Waals surface area contributed by atoms with E-state index in [4.69, 9.17) is 9.47 Å². The zero-order valence-corrected chi connectivity index (χ0v) is 17.9. The third kappa shape index (κ3) is 5.53. The van der Waals surface area contributed by atoms with E-state index in [0.717, 1.165) is 12.0 Å². The summed E-state index contributed by atoms with van der Waals surface area (Å²) in [7, 11) is 3.21. The average Bonchev–Trinajstić information content (AvgIpc) is 3.14. The number of benzene rings is 2.